The molecule has 15 heavy (non-hydrogen) atoms. The molecule has 0 amide bonds. The van der Waals surface area contributed by atoms with E-state index in [0.29, 0.717) is 5.92 Å². The molecule has 0 unspecified atom stereocenters. The monoisotopic (exact) mass is 208 g/mol. The van der Waals surface area contributed by atoms with Crippen LogP contribution in [0.3, 0.4) is 0 Å². The van der Waals surface area contributed by atoms with E-state index in [4.69, 9.17) is 4.74 Å². The van der Waals surface area contributed by atoms with Gasteiger partial charge < -0.3 is 4.74 Å². The Morgan fingerprint density at radius 2 is 1.93 bits per heavy atom. The Kier molecular flexibility index (Phi) is 6.07. The molecule has 0 aliphatic rings. The molecule has 1 heteroatoms. The van der Waals surface area contributed by atoms with Gasteiger partial charge >= 0.3 is 0 Å². The van der Waals surface area contributed by atoms with Gasteiger partial charge in [0.25, 0.3) is 0 Å². The van der Waals surface area contributed by atoms with Gasteiger partial charge in [-0.25, -0.2) is 0 Å². The summed E-state index contributed by atoms with van der Waals surface area (Å²) in [7, 11) is 0. The first-order valence-electron chi connectivity index (χ1n) is 5.52. The molecule has 0 fully saturated rings. The molecule has 0 aromatic heterocycles. The summed E-state index contributed by atoms with van der Waals surface area (Å²) in [5, 5.41) is 0. The van der Waals surface area contributed by atoms with Crippen molar-refractivity contribution in [1.82, 2.24) is 0 Å². The van der Waals surface area contributed by atoms with Gasteiger partial charge in [0.15, 0.2) is 0 Å². The number of hydrogen-bond acceptors (Lipinski definition) is 1. The van der Waals surface area contributed by atoms with Gasteiger partial charge in [0.05, 0.1) is 5.76 Å². The molecular formula is C14H24O. The average Bonchev–Trinajstić information content (AvgIpc) is 2.00. The Balaban J connectivity index is 4.25. The van der Waals surface area contributed by atoms with Crippen LogP contribution in [0.2, 0.25) is 0 Å². The molecule has 0 bridgehead atoms. The van der Waals surface area contributed by atoms with Crippen molar-refractivity contribution in [2.75, 3.05) is 0 Å². The van der Waals surface area contributed by atoms with Crippen LogP contribution in [0.15, 0.2) is 36.6 Å². The van der Waals surface area contributed by atoms with Crippen LogP contribution in [0.5, 0.6) is 0 Å². The fourth-order valence-electron chi connectivity index (χ4n) is 1.76. The van der Waals surface area contributed by atoms with Crippen LogP contribution in [-0.4, -0.2) is 5.60 Å². The third-order valence-corrected chi connectivity index (χ3v) is 1.92. The van der Waals surface area contributed by atoms with E-state index in [0.717, 1.165) is 12.2 Å². The van der Waals surface area contributed by atoms with E-state index in [-0.39, 0.29) is 5.60 Å². The predicted molar refractivity (Wildman–Crippen MR) is 67.7 cm³/mol. The Morgan fingerprint density at radius 3 is 2.40 bits per heavy atom. The molecule has 0 aromatic rings. The van der Waals surface area contributed by atoms with Crippen LogP contribution in [-0.2, 0) is 4.74 Å². The zero-order valence-electron chi connectivity index (χ0n) is 10.7. The molecule has 0 aliphatic heterocycles. The quantitative estimate of drug-likeness (QED) is 0.462. The van der Waals surface area contributed by atoms with Crippen LogP contribution < -0.4 is 0 Å². The van der Waals surface area contributed by atoms with Crippen molar-refractivity contribution >= 4 is 0 Å². The van der Waals surface area contributed by atoms with Crippen molar-refractivity contribution in [3.8, 4) is 0 Å². The van der Waals surface area contributed by atoms with E-state index in [9.17, 15) is 0 Å². The Bertz CT molecular complexity index is 244. The molecule has 0 aromatic carbocycles. The minimum atomic E-state index is -0.0865. The van der Waals surface area contributed by atoms with E-state index in [2.05, 4.69) is 34.3 Å². The van der Waals surface area contributed by atoms with Crippen molar-refractivity contribution in [2.45, 2.75) is 46.6 Å². The van der Waals surface area contributed by atoms with Crippen LogP contribution >= 0.6 is 0 Å². The highest BCUT2D eigenvalue weighted by molar-refractivity contribution is 5.11. The summed E-state index contributed by atoms with van der Waals surface area (Å²) in [6.45, 7) is 14.3. The van der Waals surface area contributed by atoms with Gasteiger partial charge in [-0.05, 0) is 39.2 Å². The SMILES string of the molecule is C=CC=CC=C(C)OC(C)(C)CC(C)C. The smallest absolute Gasteiger partial charge is 0.103 e. The highest BCUT2D eigenvalue weighted by atomic mass is 16.5. The summed E-state index contributed by atoms with van der Waals surface area (Å²) in [4.78, 5) is 0. The lowest BCUT2D eigenvalue weighted by molar-refractivity contribution is 0.0182. The zero-order valence-corrected chi connectivity index (χ0v) is 10.7. The molecule has 1 nitrogen and oxygen atoms in total. The maximum absolute atomic E-state index is 5.87. The van der Waals surface area contributed by atoms with E-state index >= 15 is 0 Å². The molecule has 0 rings (SSSR count). The van der Waals surface area contributed by atoms with Crippen LogP contribution in [0.4, 0.5) is 0 Å². The normalized spacial score (nSPS) is 13.6. The van der Waals surface area contributed by atoms with Crippen molar-refractivity contribution in [3.63, 3.8) is 0 Å². The first-order valence-corrected chi connectivity index (χ1v) is 5.52. The first kappa shape index (κ1) is 14.0. The predicted octanol–water partition coefficient (Wildman–Crippen LogP) is 4.47. The van der Waals surface area contributed by atoms with Gasteiger partial charge in [0.1, 0.15) is 5.60 Å². The van der Waals surface area contributed by atoms with E-state index < -0.39 is 0 Å². The topological polar surface area (TPSA) is 9.23 Å². The second kappa shape index (κ2) is 6.49. The standard InChI is InChI=1S/C14H24O/c1-7-8-9-10-13(4)15-14(5,6)11-12(2)3/h7-10,12H,1,11H2,2-6H3. The third kappa shape index (κ3) is 8.04. The van der Waals surface area contributed by atoms with Crippen molar-refractivity contribution in [1.29, 1.82) is 0 Å². The number of allylic oxidation sites excluding steroid dienone is 5. The summed E-state index contributed by atoms with van der Waals surface area (Å²) < 4.78 is 5.87. The summed E-state index contributed by atoms with van der Waals surface area (Å²) in [5.41, 5.74) is -0.0865. The fraction of sp³-hybridized carbons (Fsp3) is 0.571. The van der Waals surface area contributed by atoms with E-state index in [1.54, 1.807) is 6.08 Å². The lowest BCUT2D eigenvalue weighted by atomic mass is 9.96. The number of hydrogen-bond donors (Lipinski definition) is 0. The molecule has 0 saturated heterocycles. The maximum atomic E-state index is 5.87. The number of rotatable bonds is 6. The Labute approximate surface area is 94.5 Å². The molecule has 0 spiro atoms. The van der Waals surface area contributed by atoms with Crippen LogP contribution in [0.1, 0.15) is 41.0 Å². The van der Waals surface area contributed by atoms with Gasteiger partial charge in [-0.2, -0.15) is 0 Å². The zero-order chi connectivity index (χ0) is 11.9. The van der Waals surface area contributed by atoms with Crippen LogP contribution in [0, 0.1) is 5.92 Å². The molecule has 0 saturated carbocycles. The molecule has 0 radical (unpaired) electrons. The summed E-state index contributed by atoms with van der Waals surface area (Å²) in [6.07, 6.45) is 8.60. The first-order chi connectivity index (χ1) is 6.87. The van der Waals surface area contributed by atoms with Gasteiger partial charge in [-0.3, -0.25) is 0 Å². The maximum Gasteiger partial charge on any atom is 0.103 e. The molecule has 0 N–H and O–H groups in total. The summed E-state index contributed by atoms with van der Waals surface area (Å²) in [5.74, 6) is 1.59. The Morgan fingerprint density at radius 1 is 1.33 bits per heavy atom. The fourth-order valence-corrected chi connectivity index (χ4v) is 1.76. The van der Waals surface area contributed by atoms with E-state index in [1.807, 2.05) is 25.2 Å². The molecule has 86 valence electrons. The largest absolute Gasteiger partial charge is 0.493 e. The lowest BCUT2D eigenvalue weighted by Gasteiger charge is -2.28. The van der Waals surface area contributed by atoms with Gasteiger partial charge in [-0.1, -0.05) is 38.7 Å². The second-order valence-corrected chi connectivity index (χ2v) is 4.86. The Hall–Kier alpha value is -0.980. The highest BCUT2D eigenvalue weighted by Crippen LogP contribution is 2.22. The van der Waals surface area contributed by atoms with E-state index in [1.165, 1.54) is 0 Å². The van der Waals surface area contributed by atoms with Crippen molar-refractivity contribution in [2.24, 2.45) is 5.92 Å². The minimum Gasteiger partial charge on any atom is -0.493 e. The molecule has 0 aliphatic carbocycles. The highest BCUT2D eigenvalue weighted by Gasteiger charge is 2.20. The third-order valence-electron chi connectivity index (χ3n) is 1.92. The minimum absolute atomic E-state index is 0.0865. The van der Waals surface area contributed by atoms with Crippen molar-refractivity contribution < 1.29 is 4.74 Å². The second-order valence-electron chi connectivity index (χ2n) is 4.86. The summed E-state index contributed by atoms with van der Waals surface area (Å²) >= 11 is 0. The van der Waals surface area contributed by atoms with Gasteiger partial charge in [0.2, 0.25) is 0 Å². The summed E-state index contributed by atoms with van der Waals surface area (Å²) in [6, 6.07) is 0. The van der Waals surface area contributed by atoms with Gasteiger partial charge in [-0.15, -0.1) is 0 Å². The van der Waals surface area contributed by atoms with Crippen LogP contribution in [0.25, 0.3) is 0 Å². The molecular weight excluding hydrogens is 184 g/mol. The molecule has 0 atom stereocenters. The number of ether oxygens (including phenoxy) is 1. The average molecular weight is 208 g/mol. The lowest BCUT2D eigenvalue weighted by Crippen LogP contribution is -2.25. The van der Waals surface area contributed by atoms with Crippen molar-refractivity contribution in [3.05, 3.63) is 36.6 Å². The molecule has 0 heterocycles. The van der Waals surface area contributed by atoms with Gasteiger partial charge in [0, 0.05) is 0 Å².